The van der Waals surface area contributed by atoms with Crippen molar-refractivity contribution in [3.63, 3.8) is 0 Å². The molecule has 0 aliphatic heterocycles. The molecule has 0 spiro atoms. The van der Waals surface area contributed by atoms with Crippen LogP contribution in [0.4, 0.5) is 0 Å². The first kappa shape index (κ1) is 55.9. The molecule has 0 radical (unpaired) electrons. The summed E-state index contributed by atoms with van der Waals surface area (Å²) in [5.41, 5.74) is 0. The average Bonchev–Trinajstić information content (AvgIpc) is 3.22. The fraction of sp³-hybridized carbons (Fsp3) is 0.811. The Hall–Kier alpha value is -2.14. The standard InChI is InChI=1S/C53H96O5/c1-4-7-10-13-16-19-21-23-24-25-26-27-28-29-31-33-36-39-42-45-48-56-49-51(58-53(55)47-44-41-38-34-18-15-12-9-6-3)50-57-52(54)46-43-40-37-35-32-30-22-20-17-14-11-8-5-2/h11,14,16,19-20,22-24,51H,4-10,12-13,15,17-18,21,25-50H2,1-3H3/b14-11-,19-16-,22-20-,24-23-. The fourth-order valence-electron chi connectivity index (χ4n) is 7.05. The molecule has 0 aliphatic rings. The number of hydrogen-bond acceptors (Lipinski definition) is 5. The Morgan fingerprint density at radius 2 is 0.759 bits per heavy atom. The van der Waals surface area contributed by atoms with Crippen LogP contribution in [0.25, 0.3) is 0 Å². The van der Waals surface area contributed by atoms with Crippen molar-refractivity contribution in [1.29, 1.82) is 0 Å². The van der Waals surface area contributed by atoms with E-state index < -0.39 is 6.10 Å². The monoisotopic (exact) mass is 813 g/mol. The first-order chi connectivity index (χ1) is 28.6. The molecule has 58 heavy (non-hydrogen) atoms. The highest BCUT2D eigenvalue weighted by atomic mass is 16.6. The molecular formula is C53H96O5. The molecule has 338 valence electrons. The number of unbranched alkanes of at least 4 members (excludes halogenated alkanes) is 27. The van der Waals surface area contributed by atoms with E-state index in [0.717, 1.165) is 64.2 Å². The van der Waals surface area contributed by atoms with Crippen molar-refractivity contribution in [2.45, 2.75) is 258 Å². The van der Waals surface area contributed by atoms with Gasteiger partial charge in [0.2, 0.25) is 0 Å². The summed E-state index contributed by atoms with van der Waals surface area (Å²) in [6, 6.07) is 0. The first-order valence-corrected chi connectivity index (χ1v) is 25.2. The van der Waals surface area contributed by atoms with Crippen LogP contribution in [0.1, 0.15) is 252 Å². The summed E-state index contributed by atoms with van der Waals surface area (Å²) in [5.74, 6) is -0.410. The van der Waals surface area contributed by atoms with Gasteiger partial charge in [-0.15, -0.1) is 0 Å². The Bertz CT molecular complexity index is 966. The summed E-state index contributed by atoms with van der Waals surface area (Å²) >= 11 is 0. The molecule has 0 heterocycles. The van der Waals surface area contributed by atoms with E-state index >= 15 is 0 Å². The van der Waals surface area contributed by atoms with Crippen LogP contribution in [-0.2, 0) is 23.8 Å². The smallest absolute Gasteiger partial charge is 0.306 e. The second-order valence-electron chi connectivity index (χ2n) is 16.7. The maximum atomic E-state index is 12.7. The Kier molecular flexibility index (Phi) is 47.4. The van der Waals surface area contributed by atoms with Gasteiger partial charge >= 0.3 is 11.9 Å². The van der Waals surface area contributed by atoms with E-state index in [2.05, 4.69) is 69.4 Å². The van der Waals surface area contributed by atoms with Crippen LogP contribution in [-0.4, -0.2) is 37.9 Å². The zero-order valence-corrected chi connectivity index (χ0v) is 38.8. The van der Waals surface area contributed by atoms with Gasteiger partial charge in [-0.1, -0.05) is 211 Å². The van der Waals surface area contributed by atoms with Crippen LogP contribution < -0.4 is 0 Å². The molecule has 0 rings (SSSR count). The van der Waals surface area contributed by atoms with E-state index in [0.29, 0.717) is 19.4 Å². The molecule has 1 unspecified atom stereocenters. The third kappa shape index (κ3) is 46.5. The van der Waals surface area contributed by atoms with Crippen LogP contribution >= 0.6 is 0 Å². The highest BCUT2D eigenvalue weighted by molar-refractivity contribution is 5.70. The van der Waals surface area contributed by atoms with Crippen molar-refractivity contribution in [2.75, 3.05) is 19.8 Å². The third-order valence-corrected chi connectivity index (χ3v) is 10.8. The summed E-state index contributed by atoms with van der Waals surface area (Å²) in [4.78, 5) is 25.2. The van der Waals surface area contributed by atoms with Gasteiger partial charge in [0.25, 0.3) is 0 Å². The lowest BCUT2D eigenvalue weighted by Crippen LogP contribution is -2.30. The van der Waals surface area contributed by atoms with Crippen LogP contribution in [0.5, 0.6) is 0 Å². The molecule has 0 aromatic carbocycles. The molecule has 0 aliphatic carbocycles. The SMILES string of the molecule is CCC/C=C\C/C=C\CCCCCCCC(=O)OCC(COCCCCCCCCCCCC/C=C\C/C=C\CCCCC)OC(=O)CCCCCCCCCCC. The Morgan fingerprint density at radius 3 is 1.24 bits per heavy atom. The summed E-state index contributed by atoms with van der Waals surface area (Å²) in [6.07, 6.45) is 59.8. The van der Waals surface area contributed by atoms with Gasteiger partial charge < -0.3 is 14.2 Å². The summed E-state index contributed by atoms with van der Waals surface area (Å²) in [6.45, 7) is 7.72. The fourth-order valence-corrected chi connectivity index (χ4v) is 7.05. The molecule has 0 aromatic rings. The molecule has 5 heteroatoms. The maximum Gasteiger partial charge on any atom is 0.306 e. The van der Waals surface area contributed by atoms with E-state index in [1.54, 1.807) is 0 Å². The second kappa shape index (κ2) is 49.2. The van der Waals surface area contributed by atoms with Crippen LogP contribution in [0.2, 0.25) is 0 Å². The number of rotatable bonds is 46. The number of ether oxygens (including phenoxy) is 3. The van der Waals surface area contributed by atoms with Crippen LogP contribution in [0, 0.1) is 0 Å². The molecule has 0 N–H and O–H groups in total. The molecule has 1 atom stereocenters. The Balaban J connectivity index is 4.16. The maximum absolute atomic E-state index is 12.7. The minimum absolute atomic E-state index is 0.0792. The van der Waals surface area contributed by atoms with Gasteiger partial charge in [0.05, 0.1) is 6.61 Å². The van der Waals surface area contributed by atoms with E-state index in [-0.39, 0.29) is 25.2 Å². The molecular weight excluding hydrogens is 717 g/mol. The summed E-state index contributed by atoms with van der Waals surface area (Å²) in [7, 11) is 0. The largest absolute Gasteiger partial charge is 0.462 e. The number of carbonyl (C=O) groups is 2. The van der Waals surface area contributed by atoms with Crippen molar-refractivity contribution >= 4 is 11.9 Å². The molecule has 0 aromatic heterocycles. The van der Waals surface area contributed by atoms with Gasteiger partial charge in [-0.25, -0.2) is 0 Å². The topological polar surface area (TPSA) is 61.8 Å². The molecule has 0 amide bonds. The predicted molar refractivity (Wildman–Crippen MR) is 251 cm³/mol. The molecule has 0 bridgehead atoms. The highest BCUT2D eigenvalue weighted by Crippen LogP contribution is 2.14. The summed E-state index contributed by atoms with van der Waals surface area (Å²) in [5, 5.41) is 0. The van der Waals surface area contributed by atoms with E-state index in [1.807, 2.05) is 0 Å². The zero-order chi connectivity index (χ0) is 42.1. The van der Waals surface area contributed by atoms with Gasteiger partial charge in [-0.2, -0.15) is 0 Å². The second-order valence-corrected chi connectivity index (χ2v) is 16.7. The minimum Gasteiger partial charge on any atom is -0.462 e. The number of allylic oxidation sites excluding steroid dienone is 8. The van der Waals surface area contributed by atoms with E-state index in [4.69, 9.17) is 14.2 Å². The normalized spacial score (nSPS) is 12.5. The lowest BCUT2D eigenvalue weighted by Gasteiger charge is -2.18. The number of carbonyl (C=O) groups excluding carboxylic acids is 2. The van der Waals surface area contributed by atoms with Gasteiger partial charge in [0, 0.05) is 19.4 Å². The zero-order valence-electron chi connectivity index (χ0n) is 38.8. The first-order valence-electron chi connectivity index (χ1n) is 25.2. The lowest BCUT2D eigenvalue weighted by molar-refractivity contribution is -0.163. The van der Waals surface area contributed by atoms with Crippen molar-refractivity contribution in [3.05, 3.63) is 48.6 Å². The van der Waals surface area contributed by atoms with Gasteiger partial charge in [0.1, 0.15) is 6.61 Å². The van der Waals surface area contributed by atoms with Crippen LogP contribution in [0.3, 0.4) is 0 Å². The molecule has 5 nitrogen and oxygen atoms in total. The Labute approximate surface area is 361 Å². The molecule has 0 saturated carbocycles. The average molecular weight is 813 g/mol. The van der Waals surface area contributed by atoms with Crippen LogP contribution in [0.15, 0.2) is 48.6 Å². The van der Waals surface area contributed by atoms with Gasteiger partial charge in [-0.05, 0) is 77.0 Å². The number of hydrogen-bond donors (Lipinski definition) is 0. The summed E-state index contributed by atoms with van der Waals surface area (Å²) < 4.78 is 17.3. The molecule has 0 saturated heterocycles. The van der Waals surface area contributed by atoms with Gasteiger partial charge in [-0.3, -0.25) is 9.59 Å². The Morgan fingerprint density at radius 1 is 0.379 bits per heavy atom. The van der Waals surface area contributed by atoms with E-state index in [1.165, 1.54) is 154 Å². The van der Waals surface area contributed by atoms with Crippen molar-refractivity contribution < 1.29 is 23.8 Å². The highest BCUT2D eigenvalue weighted by Gasteiger charge is 2.17. The third-order valence-electron chi connectivity index (χ3n) is 10.8. The quantitative estimate of drug-likeness (QED) is 0.0348. The van der Waals surface area contributed by atoms with Crippen molar-refractivity contribution in [1.82, 2.24) is 0 Å². The van der Waals surface area contributed by atoms with Gasteiger partial charge in [0.15, 0.2) is 6.10 Å². The predicted octanol–water partition coefficient (Wildman–Crippen LogP) is 16.8. The lowest BCUT2D eigenvalue weighted by atomic mass is 10.1. The van der Waals surface area contributed by atoms with E-state index in [9.17, 15) is 9.59 Å². The van der Waals surface area contributed by atoms with Crippen molar-refractivity contribution in [2.24, 2.45) is 0 Å². The minimum atomic E-state index is -0.538. The number of esters is 2. The van der Waals surface area contributed by atoms with Crippen molar-refractivity contribution in [3.8, 4) is 0 Å². The molecule has 0 fully saturated rings.